The molecule has 0 saturated heterocycles. The molecule has 1 saturated carbocycles. The van der Waals surface area contributed by atoms with Gasteiger partial charge in [-0.1, -0.05) is 5.16 Å². The molecule has 0 radical (unpaired) electrons. The summed E-state index contributed by atoms with van der Waals surface area (Å²) in [5.41, 5.74) is 5.71. The molecule has 0 spiro atoms. The second-order valence-corrected chi connectivity index (χ2v) is 6.13. The quantitative estimate of drug-likeness (QED) is 0.189. The zero-order valence-electron chi connectivity index (χ0n) is 9.74. The van der Waals surface area contributed by atoms with Gasteiger partial charge in [0, 0.05) is 35.8 Å². The average Bonchev–Trinajstić information content (AvgIpc) is 2.97. The molecule has 5 nitrogen and oxygen atoms in total. The van der Waals surface area contributed by atoms with Crippen molar-refractivity contribution in [3.05, 3.63) is 0 Å². The van der Waals surface area contributed by atoms with Crippen molar-refractivity contribution in [3.63, 3.8) is 0 Å². The monoisotopic (exact) mass is 247 g/mol. The van der Waals surface area contributed by atoms with Crippen LogP contribution in [0.4, 0.5) is 0 Å². The van der Waals surface area contributed by atoms with Gasteiger partial charge >= 0.3 is 0 Å². The lowest BCUT2D eigenvalue weighted by molar-refractivity contribution is 0.314. The van der Waals surface area contributed by atoms with E-state index in [0.717, 1.165) is 38.1 Å². The molecule has 1 rings (SSSR count). The molecule has 16 heavy (non-hydrogen) atoms. The summed E-state index contributed by atoms with van der Waals surface area (Å²) in [6.45, 7) is 1.79. The number of nitrogens with two attached hydrogens (primary N) is 1. The van der Waals surface area contributed by atoms with E-state index in [-0.39, 0.29) is 5.41 Å². The number of nitrogens with zero attached hydrogens (tertiary/aromatic N) is 1. The van der Waals surface area contributed by atoms with E-state index in [9.17, 15) is 4.21 Å². The number of rotatable bonds is 8. The van der Waals surface area contributed by atoms with Crippen molar-refractivity contribution in [3.8, 4) is 0 Å². The summed E-state index contributed by atoms with van der Waals surface area (Å²) in [5, 5.41) is 14.9. The lowest BCUT2D eigenvalue weighted by atomic mass is 10.0. The molecule has 1 atom stereocenters. The molecule has 0 amide bonds. The molecule has 1 fully saturated rings. The normalized spacial score (nSPS) is 20.7. The van der Waals surface area contributed by atoms with Crippen molar-refractivity contribution in [2.24, 2.45) is 16.3 Å². The maximum Gasteiger partial charge on any atom is 0.139 e. The number of oxime groups is 1. The third-order valence-electron chi connectivity index (χ3n) is 2.93. The summed E-state index contributed by atoms with van der Waals surface area (Å²) in [6, 6.07) is 0. The molecule has 4 N–H and O–H groups in total. The molecule has 0 aromatic rings. The number of hydrogen-bond donors (Lipinski definition) is 3. The van der Waals surface area contributed by atoms with Crippen molar-refractivity contribution in [1.82, 2.24) is 5.32 Å². The van der Waals surface area contributed by atoms with E-state index < -0.39 is 10.8 Å². The van der Waals surface area contributed by atoms with Gasteiger partial charge in [0.15, 0.2) is 0 Å². The van der Waals surface area contributed by atoms with Crippen molar-refractivity contribution < 1.29 is 9.42 Å². The molecule has 1 aliphatic carbocycles. The highest BCUT2D eigenvalue weighted by molar-refractivity contribution is 7.84. The van der Waals surface area contributed by atoms with Gasteiger partial charge in [0.1, 0.15) is 5.84 Å². The van der Waals surface area contributed by atoms with Crippen molar-refractivity contribution in [1.29, 1.82) is 0 Å². The topological polar surface area (TPSA) is 87.7 Å². The largest absolute Gasteiger partial charge is 0.409 e. The minimum atomic E-state index is -0.697. The van der Waals surface area contributed by atoms with Crippen LogP contribution < -0.4 is 11.1 Å². The summed E-state index contributed by atoms with van der Waals surface area (Å²) in [6.07, 6.45) is 5.59. The Bertz CT molecular complexity index is 277. The summed E-state index contributed by atoms with van der Waals surface area (Å²) in [7, 11) is -0.697. The smallest absolute Gasteiger partial charge is 0.139 e. The summed E-state index contributed by atoms with van der Waals surface area (Å²) in [5.74, 6) is 1.06. The van der Waals surface area contributed by atoms with Crippen LogP contribution in [0, 0.1) is 5.41 Å². The van der Waals surface area contributed by atoms with Crippen molar-refractivity contribution >= 4 is 16.6 Å². The molecule has 0 aliphatic heterocycles. The van der Waals surface area contributed by atoms with Crippen LogP contribution in [0.2, 0.25) is 0 Å². The standard InChI is InChI=1S/C10H21N3O2S/c1-16(15)6-2-5-12-8-10(3-4-10)7-9(11)13-14/h12,14H,2-8H2,1H3,(H2,11,13). The van der Waals surface area contributed by atoms with E-state index >= 15 is 0 Å². The van der Waals surface area contributed by atoms with Crippen LogP contribution in [-0.2, 0) is 10.8 Å². The van der Waals surface area contributed by atoms with E-state index in [1.165, 1.54) is 0 Å². The van der Waals surface area contributed by atoms with E-state index in [1.807, 2.05) is 0 Å². The molecule has 0 bridgehead atoms. The third kappa shape index (κ3) is 4.94. The Kier molecular flexibility index (Phi) is 5.21. The Balaban J connectivity index is 2.10. The average molecular weight is 247 g/mol. The van der Waals surface area contributed by atoms with Gasteiger partial charge in [-0.25, -0.2) is 0 Å². The van der Waals surface area contributed by atoms with Gasteiger partial charge < -0.3 is 16.3 Å². The maximum atomic E-state index is 10.8. The van der Waals surface area contributed by atoms with Gasteiger partial charge in [-0.15, -0.1) is 0 Å². The van der Waals surface area contributed by atoms with Crippen LogP contribution in [0.15, 0.2) is 5.16 Å². The maximum absolute atomic E-state index is 10.8. The van der Waals surface area contributed by atoms with Crippen molar-refractivity contribution in [2.75, 3.05) is 25.1 Å². The van der Waals surface area contributed by atoms with E-state index in [4.69, 9.17) is 10.9 Å². The molecule has 1 aliphatic rings. The van der Waals surface area contributed by atoms with Crippen LogP contribution in [-0.4, -0.2) is 40.3 Å². The number of hydrogen-bond acceptors (Lipinski definition) is 4. The molecule has 94 valence electrons. The van der Waals surface area contributed by atoms with E-state index in [1.54, 1.807) is 6.26 Å². The van der Waals surface area contributed by atoms with Gasteiger partial charge in [-0.3, -0.25) is 4.21 Å². The molecule has 6 heteroatoms. The van der Waals surface area contributed by atoms with Crippen LogP contribution >= 0.6 is 0 Å². The summed E-state index contributed by atoms with van der Waals surface area (Å²) in [4.78, 5) is 0. The van der Waals surface area contributed by atoms with Gasteiger partial charge in [-0.2, -0.15) is 0 Å². The second kappa shape index (κ2) is 6.20. The number of nitrogens with one attached hydrogen (secondary N) is 1. The Hall–Kier alpha value is -0.620. The van der Waals surface area contributed by atoms with Crippen LogP contribution in [0.3, 0.4) is 0 Å². The Labute approximate surface area is 98.9 Å². The molecule has 0 heterocycles. The second-order valence-electron chi connectivity index (χ2n) is 4.58. The van der Waals surface area contributed by atoms with E-state index in [2.05, 4.69) is 10.5 Å². The van der Waals surface area contributed by atoms with Crippen LogP contribution in [0.5, 0.6) is 0 Å². The highest BCUT2D eigenvalue weighted by Gasteiger charge is 2.42. The first-order valence-corrected chi connectivity index (χ1v) is 7.28. The van der Waals surface area contributed by atoms with Gasteiger partial charge in [0.25, 0.3) is 0 Å². The molecule has 0 aromatic carbocycles. The first-order valence-electron chi connectivity index (χ1n) is 5.55. The zero-order valence-corrected chi connectivity index (χ0v) is 10.6. The van der Waals surface area contributed by atoms with Crippen molar-refractivity contribution in [2.45, 2.75) is 25.7 Å². The fourth-order valence-electron chi connectivity index (χ4n) is 1.77. The summed E-state index contributed by atoms with van der Waals surface area (Å²) >= 11 is 0. The minimum Gasteiger partial charge on any atom is -0.409 e. The van der Waals surface area contributed by atoms with Gasteiger partial charge in [0.05, 0.1) is 0 Å². The number of amidine groups is 1. The Morgan fingerprint density at radius 2 is 2.31 bits per heavy atom. The fourth-order valence-corrected chi connectivity index (χ4v) is 2.32. The van der Waals surface area contributed by atoms with E-state index in [0.29, 0.717) is 12.3 Å². The lowest BCUT2D eigenvalue weighted by Crippen LogP contribution is -2.29. The van der Waals surface area contributed by atoms with Gasteiger partial charge in [0.2, 0.25) is 0 Å². The lowest BCUT2D eigenvalue weighted by Gasteiger charge is -2.14. The first-order chi connectivity index (χ1) is 7.58. The predicted molar refractivity (Wildman–Crippen MR) is 66.1 cm³/mol. The van der Waals surface area contributed by atoms with Crippen LogP contribution in [0.25, 0.3) is 0 Å². The minimum absolute atomic E-state index is 0.210. The molecular weight excluding hydrogens is 226 g/mol. The summed E-state index contributed by atoms with van der Waals surface area (Å²) < 4.78 is 10.8. The molecular formula is C10H21N3O2S. The SMILES string of the molecule is CS(=O)CCCNCC1(CC(N)=NO)CC1. The highest BCUT2D eigenvalue weighted by atomic mass is 32.2. The Morgan fingerprint density at radius 1 is 1.62 bits per heavy atom. The molecule has 0 aromatic heterocycles. The Morgan fingerprint density at radius 3 is 2.81 bits per heavy atom. The zero-order chi connectivity index (χ0) is 12.0. The third-order valence-corrected chi connectivity index (χ3v) is 3.79. The highest BCUT2D eigenvalue weighted by Crippen LogP contribution is 2.48. The fraction of sp³-hybridized carbons (Fsp3) is 0.900. The predicted octanol–water partition coefficient (Wildman–Crippen LogP) is 0.261. The van der Waals surface area contributed by atoms with Crippen LogP contribution in [0.1, 0.15) is 25.7 Å². The molecule has 1 unspecified atom stereocenters. The first kappa shape index (κ1) is 13.4. The van der Waals surface area contributed by atoms with Gasteiger partial charge in [-0.05, 0) is 31.2 Å².